The average molecular weight is 1010 g/mol. The molecular formula is C44H65ClN4O14S3. The van der Waals surface area contributed by atoms with E-state index in [1.54, 1.807) is 45.2 Å². The molecule has 22 heteroatoms. The van der Waals surface area contributed by atoms with E-state index in [4.69, 9.17) is 35.3 Å². The Balaban J connectivity index is 1.53. The summed E-state index contributed by atoms with van der Waals surface area (Å²) in [6.07, 6.45) is 1.48. The van der Waals surface area contributed by atoms with Crippen molar-refractivity contribution in [1.82, 2.24) is 15.5 Å². The minimum atomic E-state index is -4.65. The summed E-state index contributed by atoms with van der Waals surface area (Å²) in [5.74, 6) is -2.25. The highest BCUT2D eigenvalue weighted by molar-refractivity contribution is 8.76. The summed E-state index contributed by atoms with van der Waals surface area (Å²) >= 11 is 6.79. The fourth-order valence-electron chi connectivity index (χ4n) is 8.00. The molecule has 1 aromatic carbocycles. The number of aliphatic hydroxyl groups is 1. The van der Waals surface area contributed by atoms with Crippen LogP contribution in [-0.2, 0) is 54.7 Å². The van der Waals surface area contributed by atoms with Crippen LogP contribution >= 0.6 is 33.2 Å². The van der Waals surface area contributed by atoms with E-state index in [2.05, 4.69) is 10.6 Å². The molecule has 3 heterocycles. The predicted molar refractivity (Wildman–Crippen MR) is 253 cm³/mol. The van der Waals surface area contributed by atoms with Crippen LogP contribution in [0, 0.1) is 5.92 Å². The fraction of sp³-hybridized carbons (Fsp3) is 0.659. The van der Waals surface area contributed by atoms with Gasteiger partial charge in [-0.25, -0.2) is 9.59 Å². The van der Waals surface area contributed by atoms with Crippen molar-refractivity contribution in [2.75, 3.05) is 44.7 Å². The highest BCUT2D eigenvalue weighted by Crippen LogP contribution is 2.49. The summed E-state index contributed by atoms with van der Waals surface area (Å²) in [6, 6.07) is 2.19. The Morgan fingerprint density at radius 2 is 1.82 bits per heavy atom. The maximum Gasteiger partial charge on any atom is 0.409 e. The van der Waals surface area contributed by atoms with Gasteiger partial charge in [-0.1, -0.05) is 77.8 Å². The molecule has 0 spiro atoms. The number of allylic oxidation sites excluding steroid dienone is 3. The molecule has 4 bridgehead atoms. The van der Waals surface area contributed by atoms with Crippen molar-refractivity contribution in [3.8, 4) is 5.75 Å². The Hall–Kier alpha value is -3.57. The molecule has 370 valence electrons. The van der Waals surface area contributed by atoms with Crippen LogP contribution in [0.4, 0.5) is 10.5 Å². The van der Waals surface area contributed by atoms with Crippen molar-refractivity contribution in [2.45, 2.75) is 140 Å². The molecule has 4 rings (SSSR count). The molecule has 9 atom stereocenters. The number of ether oxygens (including phenoxy) is 5. The zero-order chi connectivity index (χ0) is 49.3. The zero-order valence-electron chi connectivity index (χ0n) is 39.2. The number of halogens is 1. The molecule has 1 unspecified atom stereocenters. The maximum absolute atomic E-state index is 14.3. The van der Waals surface area contributed by atoms with Gasteiger partial charge in [-0.15, -0.1) is 0 Å². The van der Waals surface area contributed by atoms with E-state index in [1.807, 2.05) is 26.8 Å². The number of epoxide rings is 1. The minimum absolute atomic E-state index is 0.00452. The number of esters is 1. The van der Waals surface area contributed by atoms with Crippen LogP contribution in [0.25, 0.3) is 0 Å². The van der Waals surface area contributed by atoms with Gasteiger partial charge in [0.25, 0.3) is 10.1 Å². The van der Waals surface area contributed by atoms with Gasteiger partial charge in [0.15, 0.2) is 11.0 Å². The molecule has 0 radical (unpaired) electrons. The molecule has 4 amide bonds. The second-order valence-electron chi connectivity index (χ2n) is 17.1. The lowest BCUT2D eigenvalue weighted by atomic mass is 9.83. The molecule has 1 aromatic rings. The number of carbonyl (C=O) groups is 5. The van der Waals surface area contributed by atoms with Gasteiger partial charge in [0.1, 0.15) is 40.7 Å². The van der Waals surface area contributed by atoms with Gasteiger partial charge in [0, 0.05) is 57.5 Å². The first-order chi connectivity index (χ1) is 30.9. The quantitative estimate of drug-likeness (QED) is 0.0513. The van der Waals surface area contributed by atoms with Crippen LogP contribution < -0.4 is 20.3 Å². The normalized spacial score (nSPS) is 28.1. The van der Waals surface area contributed by atoms with E-state index >= 15 is 0 Å². The predicted octanol–water partition coefficient (Wildman–Crippen LogP) is 5.24. The van der Waals surface area contributed by atoms with E-state index in [-0.39, 0.29) is 48.3 Å². The van der Waals surface area contributed by atoms with Crippen molar-refractivity contribution in [1.29, 1.82) is 0 Å². The Bertz CT molecular complexity index is 2110. The van der Waals surface area contributed by atoms with Gasteiger partial charge in [0.05, 0.1) is 25.3 Å². The minimum Gasteiger partial charge on any atom is -0.495 e. The van der Waals surface area contributed by atoms with Gasteiger partial charge in [-0.05, 0) is 64.2 Å². The first-order valence-electron chi connectivity index (χ1n) is 21.8. The molecule has 2 saturated heterocycles. The Morgan fingerprint density at radius 1 is 1.15 bits per heavy atom. The van der Waals surface area contributed by atoms with Crippen molar-refractivity contribution < 1.29 is 65.7 Å². The third-order valence-electron chi connectivity index (χ3n) is 12.5. The molecule has 3 aliphatic rings. The molecule has 2 fully saturated rings. The summed E-state index contributed by atoms with van der Waals surface area (Å²) in [5.41, 5.74) is -1.17. The molecule has 66 heavy (non-hydrogen) atoms. The lowest BCUT2D eigenvalue weighted by molar-refractivity contribution is -0.162. The van der Waals surface area contributed by atoms with E-state index < -0.39 is 92.9 Å². The number of methoxy groups -OCH3 is 2. The third-order valence-corrected chi connectivity index (χ3v) is 16.4. The second-order valence-corrected chi connectivity index (χ2v) is 21.8. The van der Waals surface area contributed by atoms with Gasteiger partial charge < -0.3 is 43.9 Å². The number of hydrogen-bond acceptors (Lipinski definition) is 15. The maximum atomic E-state index is 14.3. The van der Waals surface area contributed by atoms with Crippen molar-refractivity contribution >= 4 is 78.8 Å². The largest absolute Gasteiger partial charge is 0.495 e. The van der Waals surface area contributed by atoms with Crippen LogP contribution in [0.1, 0.15) is 85.6 Å². The Morgan fingerprint density at radius 3 is 2.44 bits per heavy atom. The van der Waals surface area contributed by atoms with E-state index in [0.717, 1.165) is 11.1 Å². The zero-order valence-corrected chi connectivity index (χ0v) is 42.4. The number of hydrogen-bond donors (Lipinski definition) is 4. The van der Waals surface area contributed by atoms with Gasteiger partial charge in [-0.2, -0.15) is 8.42 Å². The van der Waals surface area contributed by atoms with E-state index in [1.165, 1.54) is 59.6 Å². The monoisotopic (exact) mass is 1000 g/mol. The van der Waals surface area contributed by atoms with Crippen molar-refractivity contribution in [3.05, 3.63) is 46.5 Å². The van der Waals surface area contributed by atoms with E-state index in [9.17, 15) is 42.0 Å². The first-order valence-corrected chi connectivity index (χ1v) is 26.2. The number of amides is 4. The standard InChI is InChI=1S/C44H65ClN4O14S3/c1-11-29(12-2)46-40(52)33(66(56,57)58)16-18-64-65-19-17-36(50)48(7)27(5)41(53)62-35-23-37(51)49(8)30-21-28(22-31(59-9)38(30)45)20-25(3)14-13-15-34(60-10)44(55)24-32(61-42(54)47-44)26(4)39-43(35,6)63-39/h13-15,21-22,26-27,29,32-35,39,55H,11-12,16-20,23-24H2,1-10H3,(H,46,52)(H,47,54)(H,56,57,58)/b15-13+,25-14+/t26-,27+,32+,33?,34-,35+,39+,43+,44+/m1/s1. The highest BCUT2D eigenvalue weighted by atomic mass is 35.5. The molecule has 18 nitrogen and oxygen atoms in total. The van der Waals surface area contributed by atoms with Crippen LogP contribution in [-0.4, -0.2) is 146 Å². The van der Waals surface area contributed by atoms with Crippen molar-refractivity contribution in [3.63, 3.8) is 0 Å². The number of benzene rings is 1. The Labute approximate surface area is 400 Å². The first kappa shape index (κ1) is 55.0. The number of rotatable bonds is 17. The molecule has 4 N–H and O–H groups in total. The van der Waals surface area contributed by atoms with Crippen LogP contribution in [0.2, 0.25) is 5.02 Å². The smallest absolute Gasteiger partial charge is 0.409 e. The number of nitrogens with zero attached hydrogens (tertiary/aromatic N) is 2. The molecular weight excluding hydrogens is 940 g/mol. The van der Waals surface area contributed by atoms with Crippen molar-refractivity contribution in [2.24, 2.45) is 5.92 Å². The summed E-state index contributed by atoms with van der Waals surface area (Å²) in [5, 5.41) is 15.5. The van der Waals surface area contributed by atoms with Gasteiger partial charge in [-0.3, -0.25) is 24.3 Å². The summed E-state index contributed by atoms with van der Waals surface area (Å²) in [6.45, 7) is 10.5. The number of likely N-dealkylation sites (N-methyl/N-ethyl adjacent to an activating group) is 1. The summed E-state index contributed by atoms with van der Waals surface area (Å²) < 4.78 is 63.0. The fourth-order valence-corrected chi connectivity index (χ4v) is 11.3. The highest BCUT2D eigenvalue weighted by Gasteiger charge is 2.64. The molecule has 0 saturated carbocycles. The number of fused-ring (bicyclic) bond motifs is 5. The number of alkyl carbamates (subject to hydrolysis) is 1. The summed E-state index contributed by atoms with van der Waals surface area (Å²) in [7, 11) is 3.72. The second kappa shape index (κ2) is 23.6. The number of anilines is 1. The van der Waals surface area contributed by atoms with Gasteiger partial charge in [0.2, 0.25) is 17.7 Å². The summed E-state index contributed by atoms with van der Waals surface area (Å²) in [4.78, 5) is 69.7. The Kier molecular flexibility index (Phi) is 19.7. The van der Waals surface area contributed by atoms with Gasteiger partial charge >= 0.3 is 12.1 Å². The topological polar surface area (TPSA) is 240 Å². The SMILES string of the molecule is CCC(CC)NC(=O)C(CCSSCCC(=O)N(C)[C@@H](C)C(=O)O[C@H]1CC(=O)N(C)c2cc(cc(OC)c2Cl)C/C(C)=C/C=C/[C@@H](OC)[C@@]2(O)C[C@H](OC(=O)N2)[C@@H](C)[C@@H]2O[C@@]12C)S(=O)(=O)O. The lowest BCUT2D eigenvalue weighted by Gasteiger charge is -2.42. The third kappa shape index (κ3) is 13.8. The molecule has 0 aliphatic carbocycles. The van der Waals surface area contributed by atoms with Crippen LogP contribution in [0.3, 0.4) is 0 Å². The average Bonchev–Trinajstić information content (AvgIpc) is 3.96. The van der Waals surface area contributed by atoms with Crippen LogP contribution in [0.5, 0.6) is 5.75 Å². The van der Waals surface area contributed by atoms with E-state index in [0.29, 0.717) is 30.7 Å². The molecule has 0 aromatic heterocycles. The number of carbonyl (C=O) groups excluding carboxylic acids is 5. The molecule has 3 aliphatic heterocycles. The number of nitrogens with one attached hydrogen (secondary N) is 2. The van der Waals surface area contributed by atoms with Crippen LogP contribution in [0.15, 0.2) is 35.9 Å². The lowest BCUT2D eigenvalue weighted by Crippen LogP contribution is -2.63.